The third-order valence-corrected chi connectivity index (χ3v) is 3.39. The lowest BCUT2D eigenvalue weighted by atomic mass is 10.2. The number of nitrogens with two attached hydrogens (primary N) is 1. The summed E-state index contributed by atoms with van der Waals surface area (Å²) in [7, 11) is 1.68. The van der Waals surface area contributed by atoms with Gasteiger partial charge in [-0.15, -0.1) is 0 Å². The van der Waals surface area contributed by atoms with Crippen LogP contribution in [-0.4, -0.2) is 16.7 Å². The summed E-state index contributed by atoms with van der Waals surface area (Å²) in [4.78, 5) is 4.67. The van der Waals surface area contributed by atoms with Crippen molar-refractivity contribution < 1.29 is 4.74 Å². The van der Waals surface area contributed by atoms with Gasteiger partial charge in [-0.25, -0.2) is 4.98 Å². The second kappa shape index (κ2) is 4.89. The minimum Gasteiger partial charge on any atom is -0.495 e. The number of benzene rings is 2. The van der Waals surface area contributed by atoms with Crippen molar-refractivity contribution in [3.05, 3.63) is 48.3 Å². The van der Waals surface area contributed by atoms with E-state index in [2.05, 4.69) is 16.5 Å². The van der Waals surface area contributed by atoms with Gasteiger partial charge in [0.25, 0.3) is 0 Å². The standard InChI is InChI=1S/C16H17N3O/c1-3-16-18-12-10-11(17)8-9-13(12)19(16)14-6-4-5-7-15(14)20-2/h4-10H,3,17H2,1-2H3. The zero-order valence-electron chi connectivity index (χ0n) is 11.6. The second-order valence-corrected chi connectivity index (χ2v) is 4.64. The molecule has 0 bridgehead atoms. The van der Waals surface area contributed by atoms with Crippen molar-refractivity contribution in [1.82, 2.24) is 9.55 Å². The first-order chi connectivity index (χ1) is 9.74. The fourth-order valence-electron chi connectivity index (χ4n) is 2.47. The van der Waals surface area contributed by atoms with Gasteiger partial charge in [-0.1, -0.05) is 19.1 Å². The summed E-state index contributed by atoms with van der Waals surface area (Å²) in [5.41, 5.74) is 9.52. The predicted octanol–water partition coefficient (Wildman–Crippen LogP) is 3.18. The van der Waals surface area contributed by atoms with E-state index in [1.165, 1.54) is 0 Å². The smallest absolute Gasteiger partial charge is 0.142 e. The van der Waals surface area contributed by atoms with Crippen LogP contribution < -0.4 is 10.5 Å². The van der Waals surface area contributed by atoms with Crippen molar-refractivity contribution in [2.24, 2.45) is 0 Å². The largest absolute Gasteiger partial charge is 0.495 e. The van der Waals surface area contributed by atoms with Crippen LogP contribution in [0.5, 0.6) is 5.75 Å². The number of para-hydroxylation sites is 2. The molecule has 0 atom stereocenters. The second-order valence-electron chi connectivity index (χ2n) is 4.64. The highest BCUT2D eigenvalue weighted by Gasteiger charge is 2.14. The first-order valence-electron chi connectivity index (χ1n) is 6.65. The molecule has 0 aliphatic carbocycles. The van der Waals surface area contributed by atoms with E-state index >= 15 is 0 Å². The first-order valence-corrected chi connectivity index (χ1v) is 6.65. The van der Waals surface area contributed by atoms with Crippen molar-refractivity contribution in [1.29, 1.82) is 0 Å². The van der Waals surface area contributed by atoms with Crippen LogP contribution in [0.4, 0.5) is 5.69 Å². The van der Waals surface area contributed by atoms with Gasteiger partial charge in [0.05, 0.1) is 23.8 Å². The maximum atomic E-state index is 5.85. The molecule has 0 fully saturated rings. The maximum absolute atomic E-state index is 5.85. The number of aryl methyl sites for hydroxylation is 1. The molecule has 0 amide bonds. The summed E-state index contributed by atoms with van der Waals surface area (Å²) in [6, 6.07) is 13.8. The van der Waals surface area contributed by atoms with Crippen molar-refractivity contribution >= 4 is 16.7 Å². The molecule has 1 aromatic heterocycles. The lowest BCUT2D eigenvalue weighted by Crippen LogP contribution is -2.02. The third kappa shape index (κ3) is 1.90. The van der Waals surface area contributed by atoms with E-state index in [4.69, 9.17) is 10.5 Å². The average molecular weight is 267 g/mol. The van der Waals surface area contributed by atoms with Crippen LogP contribution in [-0.2, 0) is 6.42 Å². The normalized spacial score (nSPS) is 10.9. The van der Waals surface area contributed by atoms with Crippen LogP contribution in [0, 0.1) is 0 Å². The molecule has 2 N–H and O–H groups in total. The van der Waals surface area contributed by atoms with Crippen LogP contribution >= 0.6 is 0 Å². The molecule has 0 aliphatic heterocycles. The zero-order valence-corrected chi connectivity index (χ0v) is 11.6. The Kier molecular flexibility index (Phi) is 3.06. The van der Waals surface area contributed by atoms with Crippen LogP contribution in [0.3, 0.4) is 0 Å². The van der Waals surface area contributed by atoms with E-state index < -0.39 is 0 Å². The van der Waals surface area contributed by atoms with Gasteiger partial charge >= 0.3 is 0 Å². The number of ether oxygens (including phenoxy) is 1. The Hall–Kier alpha value is -2.49. The number of nitrogens with zero attached hydrogens (tertiary/aromatic N) is 2. The summed E-state index contributed by atoms with van der Waals surface area (Å²) in [6.07, 6.45) is 0.840. The number of nitrogen functional groups attached to an aromatic ring is 1. The minimum absolute atomic E-state index is 0.727. The minimum atomic E-state index is 0.727. The van der Waals surface area contributed by atoms with E-state index in [9.17, 15) is 0 Å². The Morgan fingerprint density at radius 1 is 1.20 bits per heavy atom. The third-order valence-electron chi connectivity index (χ3n) is 3.39. The van der Waals surface area contributed by atoms with E-state index in [1.807, 2.05) is 42.5 Å². The highest BCUT2D eigenvalue weighted by Crippen LogP contribution is 2.29. The van der Waals surface area contributed by atoms with Gasteiger partial charge in [0.15, 0.2) is 0 Å². The predicted molar refractivity (Wildman–Crippen MR) is 81.4 cm³/mol. The molecular weight excluding hydrogens is 250 g/mol. The van der Waals surface area contributed by atoms with Crippen LogP contribution in [0.15, 0.2) is 42.5 Å². The highest BCUT2D eigenvalue weighted by atomic mass is 16.5. The molecule has 1 heterocycles. The molecule has 3 rings (SSSR count). The summed E-state index contributed by atoms with van der Waals surface area (Å²) in [5.74, 6) is 1.83. The van der Waals surface area contributed by atoms with Crippen molar-refractivity contribution in [2.75, 3.05) is 12.8 Å². The fraction of sp³-hybridized carbons (Fsp3) is 0.188. The Bertz CT molecular complexity index is 762. The van der Waals surface area contributed by atoms with Crippen LogP contribution in [0.1, 0.15) is 12.7 Å². The molecule has 20 heavy (non-hydrogen) atoms. The molecule has 4 heteroatoms. The number of hydrogen-bond acceptors (Lipinski definition) is 3. The van der Waals surface area contributed by atoms with Crippen molar-refractivity contribution in [3.63, 3.8) is 0 Å². The molecule has 3 aromatic rings. The molecule has 0 aliphatic rings. The number of methoxy groups -OCH3 is 1. The van der Waals surface area contributed by atoms with Gasteiger partial charge < -0.3 is 10.5 Å². The SMILES string of the molecule is CCc1nc2cc(N)ccc2n1-c1ccccc1OC. The van der Waals surface area contributed by atoms with E-state index in [0.717, 1.165) is 40.4 Å². The summed E-state index contributed by atoms with van der Waals surface area (Å²) in [6.45, 7) is 2.09. The Morgan fingerprint density at radius 3 is 2.75 bits per heavy atom. The van der Waals surface area contributed by atoms with Gasteiger partial charge in [-0.05, 0) is 30.3 Å². The van der Waals surface area contributed by atoms with Crippen LogP contribution in [0.2, 0.25) is 0 Å². The van der Waals surface area contributed by atoms with Gasteiger partial charge in [0.1, 0.15) is 11.6 Å². The first kappa shape index (κ1) is 12.5. The maximum Gasteiger partial charge on any atom is 0.142 e. The Morgan fingerprint density at radius 2 is 2.00 bits per heavy atom. The van der Waals surface area contributed by atoms with Gasteiger partial charge in [0, 0.05) is 12.1 Å². The number of anilines is 1. The number of aromatic nitrogens is 2. The Balaban J connectivity index is 2.34. The summed E-state index contributed by atoms with van der Waals surface area (Å²) < 4.78 is 7.60. The monoisotopic (exact) mass is 267 g/mol. The number of rotatable bonds is 3. The molecule has 2 aromatic carbocycles. The van der Waals surface area contributed by atoms with Crippen molar-refractivity contribution in [2.45, 2.75) is 13.3 Å². The fourth-order valence-corrected chi connectivity index (χ4v) is 2.47. The van der Waals surface area contributed by atoms with E-state index in [1.54, 1.807) is 7.11 Å². The molecule has 102 valence electrons. The molecule has 4 nitrogen and oxygen atoms in total. The summed E-state index contributed by atoms with van der Waals surface area (Å²) >= 11 is 0. The Labute approximate surface area is 117 Å². The number of fused-ring (bicyclic) bond motifs is 1. The quantitative estimate of drug-likeness (QED) is 0.741. The molecule has 0 radical (unpaired) electrons. The molecular formula is C16H17N3O. The van der Waals surface area contributed by atoms with E-state index in [-0.39, 0.29) is 0 Å². The number of imidazole rings is 1. The van der Waals surface area contributed by atoms with Crippen molar-refractivity contribution in [3.8, 4) is 11.4 Å². The van der Waals surface area contributed by atoms with Crippen LogP contribution in [0.25, 0.3) is 16.7 Å². The molecule has 0 spiro atoms. The highest BCUT2D eigenvalue weighted by molar-refractivity contribution is 5.82. The van der Waals surface area contributed by atoms with E-state index in [0.29, 0.717) is 0 Å². The molecule has 0 saturated heterocycles. The lowest BCUT2D eigenvalue weighted by Gasteiger charge is -2.12. The summed E-state index contributed by atoms with van der Waals surface area (Å²) in [5, 5.41) is 0. The zero-order chi connectivity index (χ0) is 14.1. The van der Waals surface area contributed by atoms with Gasteiger partial charge in [0.2, 0.25) is 0 Å². The lowest BCUT2D eigenvalue weighted by molar-refractivity contribution is 0.413. The van der Waals surface area contributed by atoms with Gasteiger partial charge in [-0.3, -0.25) is 4.57 Å². The van der Waals surface area contributed by atoms with Gasteiger partial charge in [-0.2, -0.15) is 0 Å². The average Bonchev–Trinajstić information content (AvgIpc) is 2.84. The molecule has 0 saturated carbocycles. The topological polar surface area (TPSA) is 53.1 Å². The number of hydrogen-bond donors (Lipinski definition) is 1. The molecule has 0 unspecified atom stereocenters.